The van der Waals surface area contributed by atoms with E-state index in [4.69, 9.17) is 9.47 Å². The summed E-state index contributed by atoms with van der Waals surface area (Å²) in [4.78, 5) is 14.0. The van der Waals surface area contributed by atoms with E-state index in [0.717, 1.165) is 17.1 Å². The second-order valence-electron chi connectivity index (χ2n) is 5.79. The number of carbonyl (C=O) groups is 1. The first kappa shape index (κ1) is 13.3. The molecule has 0 unspecified atom stereocenters. The first-order valence-corrected chi connectivity index (χ1v) is 7.35. The SMILES string of the molecule is CN(Cc1ccc2c(c1)OCO2)C(=O)CC1CCCC1. The van der Waals surface area contributed by atoms with Crippen molar-refractivity contribution in [2.45, 2.75) is 38.6 Å². The lowest BCUT2D eigenvalue weighted by Crippen LogP contribution is -2.27. The molecule has 3 rings (SSSR count). The van der Waals surface area contributed by atoms with Gasteiger partial charge < -0.3 is 14.4 Å². The van der Waals surface area contributed by atoms with Crippen molar-refractivity contribution >= 4 is 5.91 Å². The van der Waals surface area contributed by atoms with Crippen LogP contribution in [-0.2, 0) is 11.3 Å². The van der Waals surface area contributed by atoms with E-state index in [1.807, 2.05) is 30.1 Å². The standard InChI is InChI=1S/C16H21NO3/c1-17(16(18)9-12-4-2-3-5-12)10-13-6-7-14-15(8-13)20-11-19-14/h6-8,12H,2-5,9-11H2,1H3. The van der Waals surface area contributed by atoms with Crippen LogP contribution in [0.1, 0.15) is 37.7 Å². The molecular weight excluding hydrogens is 254 g/mol. The first-order chi connectivity index (χ1) is 9.72. The molecule has 1 fully saturated rings. The molecule has 1 saturated carbocycles. The summed E-state index contributed by atoms with van der Waals surface area (Å²) in [6, 6.07) is 5.86. The van der Waals surface area contributed by atoms with Crippen molar-refractivity contribution in [3.63, 3.8) is 0 Å². The van der Waals surface area contributed by atoms with E-state index in [2.05, 4.69) is 0 Å². The fraction of sp³-hybridized carbons (Fsp3) is 0.562. The summed E-state index contributed by atoms with van der Waals surface area (Å²) < 4.78 is 10.7. The van der Waals surface area contributed by atoms with Crippen LogP contribution in [0.3, 0.4) is 0 Å². The Morgan fingerprint density at radius 3 is 2.80 bits per heavy atom. The molecule has 1 aromatic rings. The Kier molecular flexibility index (Phi) is 3.81. The third-order valence-corrected chi connectivity index (χ3v) is 4.22. The Hall–Kier alpha value is -1.71. The van der Waals surface area contributed by atoms with Gasteiger partial charge in [-0.1, -0.05) is 18.9 Å². The second-order valence-corrected chi connectivity index (χ2v) is 5.79. The van der Waals surface area contributed by atoms with Gasteiger partial charge in [0.05, 0.1) is 0 Å². The smallest absolute Gasteiger partial charge is 0.231 e. The van der Waals surface area contributed by atoms with E-state index in [1.54, 1.807) is 0 Å². The Bertz CT molecular complexity index is 494. The van der Waals surface area contributed by atoms with Crippen LogP contribution in [0.4, 0.5) is 0 Å². The maximum absolute atomic E-state index is 12.2. The van der Waals surface area contributed by atoms with Crippen molar-refractivity contribution in [1.29, 1.82) is 0 Å². The van der Waals surface area contributed by atoms with Crippen LogP contribution in [0, 0.1) is 5.92 Å². The Morgan fingerprint density at radius 1 is 1.25 bits per heavy atom. The molecule has 1 aliphatic carbocycles. The lowest BCUT2D eigenvalue weighted by molar-refractivity contribution is -0.131. The van der Waals surface area contributed by atoms with Crippen molar-refractivity contribution in [2.75, 3.05) is 13.8 Å². The second kappa shape index (κ2) is 5.73. The molecular formula is C16H21NO3. The Morgan fingerprint density at radius 2 is 2.00 bits per heavy atom. The van der Waals surface area contributed by atoms with Crippen molar-refractivity contribution in [1.82, 2.24) is 4.90 Å². The minimum Gasteiger partial charge on any atom is -0.454 e. The van der Waals surface area contributed by atoms with Gasteiger partial charge in [0.25, 0.3) is 0 Å². The number of amides is 1. The van der Waals surface area contributed by atoms with E-state index in [1.165, 1.54) is 25.7 Å². The number of ether oxygens (including phenoxy) is 2. The molecule has 0 N–H and O–H groups in total. The maximum atomic E-state index is 12.2. The number of benzene rings is 1. The third kappa shape index (κ3) is 2.89. The van der Waals surface area contributed by atoms with Gasteiger partial charge in [-0.05, 0) is 36.5 Å². The summed E-state index contributed by atoms with van der Waals surface area (Å²) >= 11 is 0. The number of fused-ring (bicyclic) bond motifs is 1. The monoisotopic (exact) mass is 275 g/mol. The van der Waals surface area contributed by atoms with Crippen molar-refractivity contribution in [2.24, 2.45) is 5.92 Å². The van der Waals surface area contributed by atoms with Crippen molar-refractivity contribution < 1.29 is 14.3 Å². The zero-order valence-electron chi connectivity index (χ0n) is 11.9. The molecule has 1 amide bonds. The fourth-order valence-electron chi connectivity index (χ4n) is 3.02. The average molecular weight is 275 g/mol. The molecule has 4 heteroatoms. The topological polar surface area (TPSA) is 38.8 Å². The van der Waals surface area contributed by atoms with E-state index >= 15 is 0 Å². The lowest BCUT2D eigenvalue weighted by atomic mass is 10.0. The molecule has 0 spiro atoms. The summed E-state index contributed by atoms with van der Waals surface area (Å²) in [5, 5.41) is 0. The van der Waals surface area contributed by atoms with Crippen LogP contribution in [-0.4, -0.2) is 24.6 Å². The molecule has 0 atom stereocenters. The minimum atomic E-state index is 0.245. The number of nitrogens with zero attached hydrogens (tertiary/aromatic N) is 1. The molecule has 1 heterocycles. The fourth-order valence-corrected chi connectivity index (χ4v) is 3.02. The van der Waals surface area contributed by atoms with Crippen molar-refractivity contribution in [3.05, 3.63) is 23.8 Å². The van der Waals surface area contributed by atoms with Gasteiger partial charge in [0.1, 0.15) is 0 Å². The van der Waals surface area contributed by atoms with E-state index in [9.17, 15) is 4.79 Å². The van der Waals surface area contributed by atoms with Gasteiger partial charge >= 0.3 is 0 Å². The summed E-state index contributed by atoms with van der Waals surface area (Å²) in [7, 11) is 1.88. The van der Waals surface area contributed by atoms with Crippen LogP contribution in [0.25, 0.3) is 0 Å². The molecule has 108 valence electrons. The number of hydrogen-bond donors (Lipinski definition) is 0. The molecule has 1 aromatic carbocycles. The zero-order chi connectivity index (χ0) is 13.9. The van der Waals surface area contributed by atoms with Crippen LogP contribution in [0.15, 0.2) is 18.2 Å². The predicted octanol–water partition coefficient (Wildman–Crippen LogP) is 2.95. The molecule has 20 heavy (non-hydrogen) atoms. The van der Waals surface area contributed by atoms with Gasteiger partial charge in [-0.3, -0.25) is 4.79 Å². The summed E-state index contributed by atoms with van der Waals surface area (Å²) in [5.74, 6) is 2.41. The van der Waals surface area contributed by atoms with Gasteiger partial charge in [-0.15, -0.1) is 0 Å². The van der Waals surface area contributed by atoms with Crippen LogP contribution in [0.2, 0.25) is 0 Å². The quantitative estimate of drug-likeness (QED) is 0.848. The molecule has 0 bridgehead atoms. The number of carbonyl (C=O) groups excluding carboxylic acids is 1. The maximum Gasteiger partial charge on any atom is 0.231 e. The molecule has 0 aromatic heterocycles. The van der Waals surface area contributed by atoms with Gasteiger partial charge in [-0.25, -0.2) is 0 Å². The highest BCUT2D eigenvalue weighted by Crippen LogP contribution is 2.33. The van der Waals surface area contributed by atoms with Crippen LogP contribution < -0.4 is 9.47 Å². The molecule has 0 radical (unpaired) electrons. The largest absolute Gasteiger partial charge is 0.454 e. The predicted molar refractivity (Wildman–Crippen MR) is 75.6 cm³/mol. The van der Waals surface area contributed by atoms with Gasteiger partial charge in [-0.2, -0.15) is 0 Å². The highest BCUT2D eigenvalue weighted by Gasteiger charge is 2.21. The summed E-state index contributed by atoms with van der Waals surface area (Å²) in [6.07, 6.45) is 5.68. The van der Waals surface area contributed by atoms with Gasteiger partial charge in [0.2, 0.25) is 12.7 Å². The summed E-state index contributed by atoms with van der Waals surface area (Å²) in [5.41, 5.74) is 1.08. The van der Waals surface area contributed by atoms with E-state index in [-0.39, 0.29) is 12.7 Å². The lowest BCUT2D eigenvalue weighted by Gasteiger charge is -2.19. The molecule has 4 nitrogen and oxygen atoms in total. The molecule has 2 aliphatic rings. The van der Waals surface area contributed by atoms with Gasteiger partial charge in [0, 0.05) is 20.0 Å². The minimum absolute atomic E-state index is 0.245. The number of hydrogen-bond acceptors (Lipinski definition) is 3. The summed E-state index contributed by atoms with van der Waals surface area (Å²) in [6.45, 7) is 0.914. The highest BCUT2D eigenvalue weighted by atomic mass is 16.7. The van der Waals surface area contributed by atoms with E-state index < -0.39 is 0 Å². The van der Waals surface area contributed by atoms with Crippen molar-refractivity contribution in [3.8, 4) is 11.5 Å². The van der Waals surface area contributed by atoms with Crippen LogP contribution in [0.5, 0.6) is 11.5 Å². The molecule has 1 aliphatic heterocycles. The Labute approximate surface area is 119 Å². The number of rotatable bonds is 4. The van der Waals surface area contributed by atoms with Crippen LogP contribution >= 0.6 is 0 Å². The third-order valence-electron chi connectivity index (χ3n) is 4.22. The molecule has 0 saturated heterocycles. The highest BCUT2D eigenvalue weighted by molar-refractivity contribution is 5.76. The van der Waals surface area contributed by atoms with E-state index in [0.29, 0.717) is 18.9 Å². The average Bonchev–Trinajstić information content (AvgIpc) is 3.08. The normalized spacial score (nSPS) is 17.4. The zero-order valence-corrected chi connectivity index (χ0v) is 11.9. The van der Waals surface area contributed by atoms with Gasteiger partial charge in [0.15, 0.2) is 11.5 Å². The Balaban J connectivity index is 1.57. The first-order valence-electron chi connectivity index (χ1n) is 7.35.